The zero-order valence-corrected chi connectivity index (χ0v) is 14.7. The number of rotatable bonds is 8. The van der Waals surface area contributed by atoms with Gasteiger partial charge in [-0.2, -0.15) is 0 Å². The topological polar surface area (TPSA) is 18.1 Å². The van der Waals surface area contributed by atoms with Crippen LogP contribution in [-0.4, -0.2) is 46.4 Å². The molecule has 1 heterocycles. The van der Waals surface area contributed by atoms with Gasteiger partial charge in [0, 0.05) is 0 Å². The number of unbranched alkanes of at least 4 members (excludes halogenated alkanes) is 2. The zero-order chi connectivity index (χ0) is 15.8. The van der Waals surface area contributed by atoms with Crippen LogP contribution in [0.3, 0.4) is 0 Å². The summed E-state index contributed by atoms with van der Waals surface area (Å²) in [6, 6.07) is 8.57. The number of likely N-dealkylation sites (N-methyl/N-ethyl adjacent to an activating group) is 1. The molecule has 0 aliphatic carbocycles. The van der Waals surface area contributed by atoms with Crippen molar-refractivity contribution in [2.75, 3.05) is 46.4 Å². The van der Waals surface area contributed by atoms with Gasteiger partial charge in [-0.1, -0.05) is 26.0 Å². The second-order valence-corrected chi connectivity index (χ2v) is 7.09. The molecule has 0 aromatic heterocycles. The van der Waals surface area contributed by atoms with Crippen molar-refractivity contribution in [1.82, 2.24) is 0 Å². The van der Waals surface area contributed by atoms with E-state index in [2.05, 4.69) is 45.2 Å². The average Bonchev–Trinajstić information content (AvgIpc) is 2.53. The molecule has 22 heavy (non-hydrogen) atoms. The minimum atomic E-state index is 0.590. The first kappa shape index (κ1) is 17.3. The molecule has 1 aliphatic heterocycles. The van der Waals surface area contributed by atoms with Crippen molar-refractivity contribution in [2.45, 2.75) is 39.0 Å². The molecule has 0 atom stereocenters. The highest BCUT2D eigenvalue weighted by molar-refractivity contribution is 5.28. The Morgan fingerprint density at radius 3 is 2.27 bits per heavy atom. The number of hydrogen-bond donors (Lipinski definition) is 2. The first-order valence-electron chi connectivity index (χ1n) is 9.03. The molecule has 2 rings (SSSR count). The number of nitrogens with one attached hydrogen (secondary N) is 2. The first-order chi connectivity index (χ1) is 10.6. The summed E-state index contributed by atoms with van der Waals surface area (Å²) in [4.78, 5) is 3.50. The van der Waals surface area contributed by atoms with E-state index in [4.69, 9.17) is 4.74 Å². The second-order valence-electron chi connectivity index (χ2n) is 7.09. The molecule has 3 nitrogen and oxygen atoms in total. The van der Waals surface area contributed by atoms with E-state index in [0.717, 1.165) is 12.4 Å². The van der Waals surface area contributed by atoms with E-state index in [9.17, 15) is 0 Å². The van der Waals surface area contributed by atoms with Gasteiger partial charge in [-0.25, -0.2) is 0 Å². The summed E-state index contributed by atoms with van der Waals surface area (Å²) in [5.74, 6) is 1.60. The van der Waals surface area contributed by atoms with Gasteiger partial charge < -0.3 is 14.5 Å². The van der Waals surface area contributed by atoms with E-state index in [1.807, 2.05) is 0 Å². The van der Waals surface area contributed by atoms with Gasteiger partial charge in [-0.05, 0) is 42.9 Å². The highest BCUT2D eigenvalue weighted by atomic mass is 16.5. The third-order valence-electron chi connectivity index (χ3n) is 4.80. The lowest BCUT2D eigenvalue weighted by Gasteiger charge is -2.27. The average molecular weight is 306 g/mol. The van der Waals surface area contributed by atoms with E-state index in [-0.39, 0.29) is 0 Å². The molecule has 1 fully saturated rings. The van der Waals surface area contributed by atoms with Crippen LogP contribution in [0.4, 0.5) is 0 Å². The zero-order valence-electron chi connectivity index (χ0n) is 14.7. The maximum absolute atomic E-state index is 5.84. The normalized spacial score (nSPS) is 22.0. The fourth-order valence-electron chi connectivity index (χ4n) is 3.07. The Labute approximate surface area is 136 Å². The van der Waals surface area contributed by atoms with E-state index >= 15 is 0 Å². The van der Waals surface area contributed by atoms with Crippen LogP contribution >= 0.6 is 0 Å². The van der Waals surface area contributed by atoms with E-state index < -0.39 is 0 Å². The van der Waals surface area contributed by atoms with Gasteiger partial charge in [0.2, 0.25) is 0 Å². The highest BCUT2D eigenvalue weighted by Gasteiger charge is 2.18. The quantitative estimate of drug-likeness (QED) is 0.679. The summed E-state index contributed by atoms with van der Waals surface area (Å²) >= 11 is 0. The van der Waals surface area contributed by atoms with Gasteiger partial charge in [-0.15, -0.1) is 0 Å². The molecule has 0 unspecified atom stereocenters. The predicted octanol–water partition coefficient (Wildman–Crippen LogP) is 0.772. The standard InChI is InChI=1S/C19H32N2O/c1-17(2)18-7-9-19(10-8-18)22-16-6-4-5-11-21-14-12-20(3)13-15-21/h7-10,17H,4-6,11-16H2,1-3H3/p+2. The molecule has 124 valence electrons. The monoisotopic (exact) mass is 306 g/mol. The molecule has 0 saturated carbocycles. The molecule has 0 amide bonds. The summed E-state index contributed by atoms with van der Waals surface area (Å²) in [7, 11) is 2.31. The van der Waals surface area contributed by atoms with Crippen LogP contribution in [0.1, 0.15) is 44.6 Å². The molecule has 0 radical (unpaired) electrons. The van der Waals surface area contributed by atoms with E-state index in [1.165, 1.54) is 57.5 Å². The fourth-order valence-corrected chi connectivity index (χ4v) is 3.07. The maximum atomic E-state index is 5.84. The molecule has 1 aromatic rings. The van der Waals surface area contributed by atoms with Crippen molar-refractivity contribution in [3.05, 3.63) is 29.8 Å². The number of piperazine rings is 1. The third-order valence-corrected chi connectivity index (χ3v) is 4.80. The Balaban J connectivity index is 1.52. The molecule has 0 spiro atoms. The minimum absolute atomic E-state index is 0.590. The molecular weight excluding hydrogens is 272 g/mol. The lowest BCUT2D eigenvalue weighted by molar-refractivity contribution is -1.00. The van der Waals surface area contributed by atoms with Crippen molar-refractivity contribution in [3.63, 3.8) is 0 Å². The molecule has 1 saturated heterocycles. The van der Waals surface area contributed by atoms with E-state index in [0.29, 0.717) is 5.92 Å². The number of quaternary nitrogens is 2. The molecule has 1 aromatic carbocycles. The number of benzene rings is 1. The van der Waals surface area contributed by atoms with Crippen LogP contribution in [0, 0.1) is 0 Å². The van der Waals surface area contributed by atoms with Crippen LogP contribution < -0.4 is 14.5 Å². The molecule has 0 bridgehead atoms. The van der Waals surface area contributed by atoms with Crippen LogP contribution in [0.5, 0.6) is 5.75 Å². The Morgan fingerprint density at radius 2 is 1.64 bits per heavy atom. The summed E-state index contributed by atoms with van der Waals surface area (Å²) in [6.07, 6.45) is 3.80. The summed E-state index contributed by atoms with van der Waals surface area (Å²) in [6.45, 7) is 12.0. The number of ether oxygens (including phenoxy) is 1. The summed E-state index contributed by atoms with van der Waals surface area (Å²) in [5, 5.41) is 0. The molecular formula is C19H34N2O+2. The predicted molar refractivity (Wildman–Crippen MR) is 92.1 cm³/mol. The van der Waals surface area contributed by atoms with Gasteiger partial charge >= 0.3 is 0 Å². The lowest BCUT2D eigenvalue weighted by Crippen LogP contribution is -3.27. The minimum Gasteiger partial charge on any atom is -0.494 e. The van der Waals surface area contributed by atoms with Crippen LogP contribution in [0.15, 0.2) is 24.3 Å². The van der Waals surface area contributed by atoms with Crippen molar-refractivity contribution in [1.29, 1.82) is 0 Å². The van der Waals surface area contributed by atoms with Gasteiger partial charge in [-0.3, -0.25) is 0 Å². The van der Waals surface area contributed by atoms with Crippen LogP contribution in [0.25, 0.3) is 0 Å². The highest BCUT2D eigenvalue weighted by Crippen LogP contribution is 2.18. The van der Waals surface area contributed by atoms with Gasteiger partial charge in [0.15, 0.2) is 0 Å². The number of hydrogen-bond acceptors (Lipinski definition) is 1. The van der Waals surface area contributed by atoms with Gasteiger partial charge in [0.05, 0.1) is 20.2 Å². The first-order valence-corrected chi connectivity index (χ1v) is 9.03. The Kier molecular flexibility index (Phi) is 7.20. The van der Waals surface area contributed by atoms with Crippen LogP contribution in [-0.2, 0) is 0 Å². The van der Waals surface area contributed by atoms with Crippen molar-refractivity contribution >= 4 is 0 Å². The molecule has 2 N–H and O–H groups in total. The Hall–Kier alpha value is -1.06. The smallest absolute Gasteiger partial charge is 0.127 e. The SMILES string of the molecule is CC(C)c1ccc(OCCCCC[NH+]2CC[NH+](C)CC2)cc1. The summed E-state index contributed by atoms with van der Waals surface area (Å²) in [5.41, 5.74) is 1.38. The largest absolute Gasteiger partial charge is 0.494 e. The molecule has 1 aliphatic rings. The lowest BCUT2D eigenvalue weighted by atomic mass is 10.0. The Morgan fingerprint density at radius 1 is 0.955 bits per heavy atom. The van der Waals surface area contributed by atoms with E-state index in [1.54, 1.807) is 9.80 Å². The van der Waals surface area contributed by atoms with Gasteiger partial charge in [0.1, 0.15) is 31.9 Å². The summed E-state index contributed by atoms with van der Waals surface area (Å²) < 4.78 is 5.84. The second kappa shape index (κ2) is 9.16. The van der Waals surface area contributed by atoms with Gasteiger partial charge in [0.25, 0.3) is 0 Å². The van der Waals surface area contributed by atoms with Crippen LogP contribution in [0.2, 0.25) is 0 Å². The van der Waals surface area contributed by atoms with Crippen molar-refractivity contribution < 1.29 is 14.5 Å². The van der Waals surface area contributed by atoms with Crippen molar-refractivity contribution in [3.8, 4) is 5.75 Å². The van der Waals surface area contributed by atoms with Crippen molar-refractivity contribution in [2.24, 2.45) is 0 Å². The Bertz CT molecular complexity index is 408. The third kappa shape index (κ3) is 5.98. The fraction of sp³-hybridized carbons (Fsp3) is 0.684. The molecule has 3 heteroatoms. The maximum Gasteiger partial charge on any atom is 0.127 e.